The number of fused-ring (bicyclic) bond motifs is 1. The second kappa shape index (κ2) is 11.1. The molecule has 0 saturated heterocycles. The molecule has 0 spiro atoms. The third-order valence-electron chi connectivity index (χ3n) is 6.81. The van der Waals surface area contributed by atoms with E-state index in [1.165, 1.54) is 46.3 Å². The molecule has 4 rings (SSSR count). The van der Waals surface area contributed by atoms with Gasteiger partial charge >= 0.3 is 51.4 Å². The third-order valence-corrected chi connectivity index (χ3v) is 6.81. The standard InChI is InChI=1S/C29H37N2.K/c1-20(2)25-10-7-11-26(21(3)4)29(25)31-18-17-30(19-31)16-8-9-24-14-15-27-22(5)12-13-23(6)28(24)27;/h7,10-15,17-21,24H,8-9,16H2,1-6H3;/q-1;+1. The number of hydrogen-bond acceptors (Lipinski definition) is 2. The minimum absolute atomic E-state index is 0. The molecule has 1 atom stereocenters. The zero-order valence-corrected chi connectivity index (χ0v) is 24.1. The van der Waals surface area contributed by atoms with E-state index in [4.69, 9.17) is 0 Å². The van der Waals surface area contributed by atoms with Crippen molar-refractivity contribution in [2.24, 2.45) is 0 Å². The van der Waals surface area contributed by atoms with Crippen LogP contribution in [-0.4, -0.2) is 11.4 Å². The van der Waals surface area contributed by atoms with E-state index in [-0.39, 0.29) is 51.4 Å². The predicted octanol–water partition coefficient (Wildman–Crippen LogP) is 4.86. The maximum Gasteiger partial charge on any atom is 1.00 e. The van der Waals surface area contributed by atoms with Gasteiger partial charge in [0.1, 0.15) is 0 Å². The first-order valence-electron chi connectivity index (χ1n) is 11.8. The number of hydrogen-bond donors (Lipinski definition) is 0. The molecule has 32 heavy (non-hydrogen) atoms. The molecule has 1 heterocycles. The van der Waals surface area contributed by atoms with Gasteiger partial charge in [0.25, 0.3) is 0 Å². The average Bonchev–Trinajstić information content (AvgIpc) is 3.38. The first-order chi connectivity index (χ1) is 14.9. The van der Waals surface area contributed by atoms with Crippen LogP contribution in [0.1, 0.15) is 91.7 Å². The fraction of sp³-hybridized carbons (Fsp3) is 0.414. The molecule has 1 aliphatic carbocycles. The largest absolute Gasteiger partial charge is 1.00 e. The van der Waals surface area contributed by atoms with E-state index in [1.54, 1.807) is 5.56 Å². The number of para-hydroxylation sites is 1. The smallest absolute Gasteiger partial charge is 0.508 e. The van der Waals surface area contributed by atoms with Crippen LogP contribution in [0.4, 0.5) is 5.69 Å². The van der Waals surface area contributed by atoms with Crippen molar-refractivity contribution >= 4 is 11.8 Å². The summed E-state index contributed by atoms with van der Waals surface area (Å²) in [5, 5.41) is 0. The molecule has 2 nitrogen and oxygen atoms in total. The molecule has 0 N–H and O–H groups in total. The number of allylic oxidation sites excluding steroid dienone is 1. The van der Waals surface area contributed by atoms with Crippen molar-refractivity contribution in [1.29, 1.82) is 0 Å². The molecule has 0 radical (unpaired) electrons. The molecule has 0 bridgehead atoms. The molecule has 1 unspecified atom stereocenters. The van der Waals surface area contributed by atoms with Gasteiger partial charge in [-0.05, 0) is 90.9 Å². The van der Waals surface area contributed by atoms with Crippen molar-refractivity contribution in [2.45, 2.75) is 72.1 Å². The van der Waals surface area contributed by atoms with E-state index in [9.17, 15) is 0 Å². The second-order valence-electron chi connectivity index (χ2n) is 9.79. The number of anilines is 1. The molecule has 0 amide bonds. The van der Waals surface area contributed by atoms with E-state index in [1.807, 2.05) is 0 Å². The summed E-state index contributed by atoms with van der Waals surface area (Å²) in [6, 6.07) is 11.3. The van der Waals surface area contributed by atoms with Crippen LogP contribution in [-0.2, 0) is 0 Å². The van der Waals surface area contributed by atoms with Crippen molar-refractivity contribution < 1.29 is 51.4 Å². The van der Waals surface area contributed by atoms with Crippen molar-refractivity contribution in [3.63, 3.8) is 0 Å². The Hall–Kier alpha value is -0.844. The monoisotopic (exact) mass is 452 g/mol. The first kappa shape index (κ1) is 25.8. The van der Waals surface area contributed by atoms with Gasteiger partial charge in [0.15, 0.2) is 0 Å². The van der Waals surface area contributed by atoms with Crippen LogP contribution in [0, 0.1) is 20.5 Å². The van der Waals surface area contributed by atoms with Crippen molar-refractivity contribution in [3.05, 3.63) is 88.9 Å². The summed E-state index contributed by atoms with van der Waals surface area (Å²) in [5.41, 5.74) is 10.0. The van der Waals surface area contributed by atoms with Crippen LogP contribution in [0.25, 0.3) is 6.08 Å². The summed E-state index contributed by atoms with van der Waals surface area (Å²) < 4.78 is 0. The molecule has 3 heteroatoms. The molecule has 164 valence electrons. The van der Waals surface area contributed by atoms with Crippen molar-refractivity contribution in [1.82, 2.24) is 4.90 Å². The molecular formula is C29H37KN2. The average molecular weight is 453 g/mol. The Bertz CT molecular complexity index is 976. The zero-order valence-electron chi connectivity index (χ0n) is 21.0. The van der Waals surface area contributed by atoms with Crippen LogP contribution in [0.2, 0.25) is 0 Å². The summed E-state index contributed by atoms with van der Waals surface area (Å²) in [6.07, 6.45) is 11.6. The molecule has 0 saturated carbocycles. The maximum absolute atomic E-state index is 2.41. The van der Waals surface area contributed by atoms with Crippen LogP contribution >= 0.6 is 0 Å². The number of rotatable bonds is 7. The predicted molar refractivity (Wildman–Crippen MR) is 134 cm³/mol. The van der Waals surface area contributed by atoms with Crippen LogP contribution in [0.3, 0.4) is 0 Å². The number of nitrogens with zero attached hydrogens (tertiary/aromatic N) is 2. The summed E-state index contributed by atoms with van der Waals surface area (Å²) in [6.45, 7) is 17.0. The van der Waals surface area contributed by atoms with Gasteiger partial charge < -0.3 is 9.80 Å². The molecule has 1 aliphatic heterocycles. The van der Waals surface area contributed by atoms with Crippen LogP contribution < -0.4 is 56.3 Å². The van der Waals surface area contributed by atoms with E-state index in [0.717, 1.165) is 6.54 Å². The van der Waals surface area contributed by atoms with Gasteiger partial charge in [-0.1, -0.05) is 70.2 Å². The Balaban J connectivity index is 0.00000289. The molecular weight excluding hydrogens is 415 g/mol. The molecule has 0 aromatic heterocycles. The third kappa shape index (κ3) is 5.28. The molecule has 2 aromatic rings. The fourth-order valence-electron chi connectivity index (χ4n) is 5.08. The zero-order chi connectivity index (χ0) is 22.1. The minimum Gasteiger partial charge on any atom is -0.508 e. The van der Waals surface area contributed by atoms with Crippen molar-refractivity contribution in [3.8, 4) is 0 Å². The number of aryl methyl sites for hydroxylation is 2. The Labute approximate surface area is 238 Å². The maximum atomic E-state index is 2.41. The van der Waals surface area contributed by atoms with Gasteiger partial charge in [0.05, 0.1) is 0 Å². The van der Waals surface area contributed by atoms with E-state index >= 15 is 0 Å². The Morgan fingerprint density at radius 1 is 0.906 bits per heavy atom. The first-order valence-corrected chi connectivity index (χ1v) is 11.8. The van der Waals surface area contributed by atoms with Gasteiger partial charge in [-0.25, -0.2) is 0 Å². The fourth-order valence-corrected chi connectivity index (χ4v) is 5.08. The van der Waals surface area contributed by atoms with E-state index < -0.39 is 0 Å². The van der Waals surface area contributed by atoms with Gasteiger partial charge in [0.2, 0.25) is 0 Å². The Kier molecular flexibility index (Phi) is 8.90. The van der Waals surface area contributed by atoms with Crippen LogP contribution in [0.5, 0.6) is 0 Å². The van der Waals surface area contributed by atoms with Gasteiger partial charge in [-0.3, -0.25) is 0 Å². The van der Waals surface area contributed by atoms with Crippen LogP contribution in [0.15, 0.2) is 48.8 Å². The summed E-state index contributed by atoms with van der Waals surface area (Å²) in [7, 11) is 0. The summed E-state index contributed by atoms with van der Waals surface area (Å²) in [4.78, 5) is 4.69. The summed E-state index contributed by atoms with van der Waals surface area (Å²) in [5.74, 6) is 1.57. The second-order valence-corrected chi connectivity index (χ2v) is 9.79. The SMILES string of the molecule is Cc1ccc(C)c2c1C=CC2CCCN1C=CN(c2c(C(C)C)cccc2C(C)C)[CH-]1.[K+]. The normalized spacial score (nSPS) is 16.9. The van der Waals surface area contributed by atoms with E-state index in [2.05, 4.69) is 113 Å². The molecule has 0 fully saturated rings. The van der Waals surface area contributed by atoms with Crippen molar-refractivity contribution in [2.75, 3.05) is 11.4 Å². The van der Waals surface area contributed by atoms with E-state index in [0.29, 0.717) is 17.8 Å². The Morgan fingerprint density at radius 2 is 1.56 bits per heavy atom. The van der Waals surface area contributed by atoms with Gasteiger partial charge in [0, 0.05) is 11.6 Å². The quantitative estimate of drug-likeness (QED) is 0.437. The molecule has 2 aliphatic rings. The summed E-state index contributed by atoms with van der Waals surface area (Å²) >= 11 is 0. The number of benzene rings is 2. The van der Waals surface area contributed by atoms with Gasteiger partial charge in [-0.2, -0.15) is 6.67 Å². The molecule has 2 aromatic carbocycles. The Morgan fingerprint density at radius 3 is 2.22 bits per heavy atom. The topological polar surface area (TPSA) is 6.48 Å². The minimum atomic E-state index is 0. The van der Waals surface area contributed by atoms with Gasteiger partial charge in [-0.15, -0.1) is 0 Å².